The number of nitro benzene ring substituents is 1. The second-order valence-electron chi connectivity index (χ2n) is 6.44. The Hall–Kier alpha value is -3.92. The molecule has 1 amide bonds. The topological polar surface area (TPSA) is 116 Å². The van der Waals surface area contributed by atoms with Crippen molar-refractivity contribution < 1.29 is 9.72 Å². The summed E-state index contributed by atoms with van der Waals surface area (Å²) in [5, 5.41) is 20.6. The Morgan fingerprint density at radius 1 is 1.23 bits per heavy atom. The Kier molecular flexibility index (Phi) is 5.31. The van der Waals surface area contributed by atoms with Gasteiger partial charge in [-0.25, -0.2) is 9.67 Å². The largest absolute Gasteiger partial charge is 0.310 e. The maximum absolute atomic E-state index is 12.6. The van der Waals surface area contributed by atoms with Gasteiger partial charge in [0.1, 0.15) is 10.8 Å². The van der Waals surface area contributed by atoms with E-state index in [0.29, 0.717) is 22.9 Å². The summed E-state index contributed by atoms with van der Waals surface area (Å²) in [6.45, 7) is 1.80. The zero-order chi connectivity index (χ0) is 21.1. The molecule has 10 heteroatoms. The van der Waals surface area contributed by atoms with Crippen LogP contribution in [0.25, 0.3) is 16.4 Å². The fourth-order valence-electron chi connectivity index (χ4n) is 2.85. The van der Waals surface area contributed by atoms with E-state index in [2.05, 4.69) is 20.4 Å². The molecule has 0 spiro atoms. The van der Waals surface area contributed by atoms with E-state index >= 15 is 0 Å². The lowest BCUT2D eigenvalue weighted by Gasteiger charge is -2.08. The number of rotatable bonds is 6. The van der Waals surface area contributed by atoms with Crippen molar-refractivity contribution in [3.63, 3.8) is 0 Å². The Bertz CT molecular complexity index is 1200. The number of hydrogen-bond acceptors (Lipinski definition) is 7. The van der Waals surface area contributed by atoms with E-state index in [0.717, 1.165) is 10.7 Å². The monoisotopic (exact) mass is 420 g/mol. The predicted molar refractivity (Wildman–Crippen MR) is 113 cm³/mol. The summed E-state index contributed by atoms with van der Waals surface area (Å²) in [5.74, 6) is 0.238. The molecule has 0 saturated heterocycles. The standard InChI is InChI=1S/C20H16N6O3S/c1-13-10-18(25(24-13)15-5-7-16(8-6-15)26(28)29)23-19(27)11-14-12-30-20(22-14)17-4-2-3-9-21-17/h2-10,12H,11H2,1H3,(H,23,27). The van der Waals surface area contributed by atoms with E-state index in [1.165, 1.54) is 28.2 Å². The van der Waals surface area contributed by atoms with Crippen LogP contribution in [0.3, 0.4) is 0 Å². The van der Waals surface area contributed by atoms with E-state index in [4.69, 9.17) is 0 Å². The van der Waals surface area contributed by atoms with Gasteiger partial charge in [-0.05, 0) is 31.2 Å². The lowest BCUT2D eigenvalue weighted by molar-refractivity contribution is -0.384. The molecule has 3 aromatic heterocycles. The average Bonchev–Trinajstić information content (AvgIpc) is 3.35. The van der Waals surface area contributed by atoms with Crippen molar-refractivity contribution in [2.45, 2.75) is 13.3 Å². The summed E-state index contributed by atoms with van der Waals surface area (Å²) < 4.78 is 1.54. The summed E-state index contributed by atoms with van der Waals surface area (Å²) in [6.07, 6.45) is 1.80. The third-order valence-corrected chi connectivity index (χ3v) is 5.10. The van der Waals surface area contributed by atoms with Crippen molar-refractivity contribution in [2.75, 3.05) is 5.32 Å². The highest BCUT2D eigenvalue weighted by Crippen LogP contribution is 2.23. The van der Waals surface area contributed by atoms with Gasteiger partial charge in [0.2, 0.25) is 5.91 Å². The van der Waals surface area contributed by atoms with Gasteiger partial charge in [0.15, 0.2) is 0 Å². The van der Waals surface area contributed by atoms with E-state index < -0.39 is 4.92 Å². The van der Waals surface area contributed by atoms with Gasteiger partial charge in [0.25, 0.3) is 5.69 Å². The van der Waals surface area contributed by atoms with Crippen LogP contribution in [0.5, 0.6) is 0 Å². The quantitative estimate of drug-likeness (QED) is 0.375. The van der Waals surface area contributed by atoms with Gasteiger partial charge >= 0.3 is 0 Å². The number of nitrogens with one attached hydrogen (secondary N) is 1. The van der Waals surface area contributed by atoms with Crippen LogP contribution < -0.4 is 5.32 Å². The van der Waals surface area contributed by atoms with Crippen molar-refractivity contribution in [2.24, 2.45) is 0 Å². The summed E-state index contributed by atoms with van der Waals surface area (Å²) in [5.41, 5.74) is 2.71. The van der Waals surface area contributed by atoms with E-state index in [1.54, 1.807) is 31.3 Å². The molecule has 150 valence electrons. The summed E-state index contributed by atoms with van der Waals surface area (Å²) in [4.78, 5) is 31.7. The summed E-state index contributed by atoms with van der Waals surface area (Å²) in [7, 11) is 0. The van der Waals surface area contributed by atoms with Crippen molar-refractivity contribution in [3.05, 3.63) is 81.6 Å². The molecule has 4 rings (SSSR count). The van der Waals surface area contributed by atoms with Gasteiger partial charge in [-0.3, -0.25) is 19.9 Å². The number of nitro groups is 1. The summed E-state index contributed by atoms with van der Waals surface area (Å²) >= 11 is 1.43. The number of anilines is 1. The number of pyridine rings is 1. The highest BCUT2D eigenvalue weighted by Gasteiger charge is 2.14. The number of benzene rings is 1. The van der Waals surface area contributed by atoms with E-state index in [9.17, 15) is 14.9 Å². The average molecular weight is 420 g/mol. The number of carbonyl (C=O) groups is 1. The smallest absolute Gasteiger partial charge is 0.269 e. The molecule has 0 radical (unpaired) electrons. The molecule has 0 bridgehead atoms. The van der Waals surface area contributed by atoms with Crippen LogP contribution in [-0.4, -0.2) is 30.6 Å². The molecule has 0 unspecified atom stereocenters. The molecule has 1 N–H and O–H groups in total. The second kappa shape index (κ2) is 8.21. The van der Waals surface area contributed by atoms with Gasteiger partial charge in [0, 0.05) is 29.8 Å². The lowest BCUT2D eigenvalue weighted by Crippen LogP contribution is -2.17. The van der Waals surface area contributed by atoms with Crippen LogP contribution in [0.4, 0.5) is 11.5 Å². The zero-order valence-electron chi connectivity index (χ0n) is 15.8. The number of nitrogens with zero attached hydrogens (tertiary/aromatic N) is 5. The van der Waals surface area contributed by atoms with Crippen molar-refractivity contribution in [3.8, 4) is 16.4 Å². The molecule has 0 fully saturated rings. The van der Waals surface area contributed by atoms with Crippen LogP contribution in [0.15, 0.2) is 60.1 Å². The van der Waals surface area contributed by atoms with Gasteiger partial charge < -0.3 is 5.32 Å². The van der Waals surface area contributed by atoms with Crippen LogP contribution in [-0.2, 0) is 11.2 Å². The molecule has 30 heavy (non-hydrogen) atoms. The first kappa shape index (κ1) is 19.4. The molecule has 9 nitrogen and oxygen atoms in total. The maximum Gasteiger partial charge on any atom is 0.269 e. The number of hydrogen-bond donors (Lipinski definition) is 1. The summed E-state index contributed by atoms with van der Waals surface area (Å²) in [6, 6.07) is 13.3. The highest BCUT2D eigenvalue weighted by molar-refractivity contribution is 7.13. The molecule has 3 heterocycles. The molecular weight excluding hydrogens is 404 g/mol. The van der Waals surface area contributed by atoms with Crippen LogP contribution in [0, 0.1) is 17.0 Å². The normalized spacial score (nSPS) is 10.7. The number of non-ortho nitro benzene ring substituents is 1. The van der Waals surface area contributed by atoms with Gasteiger partial charge in [-0.15, -0.1) is 11.3 Å². The number of aromatic nitrogens is 4. The second-order valence-corrected chi connectivity index (χ2v) is 7.30. The zero-order valence-corrected chi connectivity index (χ0v) is 16.7. The van der Waals surface area contributed by atoms with Gasteiger partial charge in [0.05, 0.1) is 34.1 Å². The van der Waals surface area contributed by atoms with Crippen LogP contribution >= 0.6 is 11.3 Å². The fourth-order valence-corrected chi connectivity index (χ4v) is 3.64. The minimum Gasteiger partial charge on any atom is -0.310 e. The fraction of sp³-hybridized carbons (Fsp3) is 0.100. The maximum atomic E-state index is 12.6. The SMILES string of the molecule is Cc1cc(NC(=O)Cc2csc(-c3ccccn3)n2)n(-c2ccc([N+](=O)[O-])cc2)n1. The molecule has 0 aliphatic heterocycles. The first-order valence-electron chi connectivity index (χ1n) is 8.97. The predicted octanol–water partition coefficient (Wildman–Crippen LogP) is 3.79. The molecule has 4 aromatic rings. The Balaban J connectivity index is 1.49. The molecule has 0 atom stereocenters. The van der Waals surface area contributed by atoms with Crippen LogP contribution in [0.2, 0.25) is 0 Å². The number of carbonyl (C=O) groups excluding carboxylic acids is 1. The first-order chi connectivity index (χ1) is 14.5. The minimum atomic E-state index is -0.464. The number of amides is 1. The Morgan fingerprint density at radius 2 is 2.03 bits per heavy atom. The third-order valence-electron chi connectivity index (χ3n) is 4.18. The highest BCUT2D eigenvalue weighted by atomic mass is 32.1. The van der Waals surface area contributed by atoms with Crippen molar-refractivity contribution in [1.29, 1.82) is 0 Å². The molecule has 0 aliphatic rings. The third kappa shape index (κ3) is 4.23. The Labute approximate surface area is 175 Å². The van der Waals surface area contributed by atoms with Crippen LogP contribution in [0.1, 0.15) is 11.4 Å². The molecule has 0 aliphatic carbocycles. The van der Waals surface area contributed by atoms with Crippen molar-refractivity contribution in [1.82, 2.24) is 19.7 Å². The molecule has 1 aromatic carbocycles. The van der Waals surface area contributed by atoms with Gasteiger partial charge in [-0.2, -0.15) is 5.10 Å². The van der Waals surface area contributed by atoms with E-state index in [1.807, 2.05) is 23.6 Å². The number of thiazole rings is 1. The van der Waals surface area contributed by atoms with Crippen molar-refractivity contribution >= 4 is 28.7 Å². The number of aryl methyl sites for hydroxylation is 1. The Morgan fingerprint density at radius 3 is 2.73 bits per heavy atom. The molecular formula is C20H16N6O3S. The van der Waals surface area contributed by atoms with E-state index in [-0.39, 0.29) is 18.0 Å². The first-order valence-corrected chi connectivity index (χ1v) is 9.85. The molecule has 0 saturated carbocycles. The van der Waals surface area contributed by atoms with Gasteiger partial charge in [-0.1, -0.05) is 6.07 Å². The minimum absolute atomic E-state index is 0.0135. The lowest BCUT2D eigenvalue weighted by atomic mass is 10.3.